The molecular formula is C15H18ClN3O2. The van der Waals surface area contributed by atoms with Gasteiger partial charge in [-0.05, 0) is 25.0 Å². The Morgan fingerprint density at radius 2 is 2.00 bits per heavy atom. The standard InChI is InChI=1S/C15H18ClN3O2/c1-10-15(16)11(2)19(18-10)8-14(21)17-7-12-5-3-4-6-13(12)9-20/h3-6,20H,7-9H2,1-2H3,(H,17,21). The van der Waals surface area contributed by atoms with Crippen molar-refractivity contribution in [1.82, 2.24) is 15.1 Å². The molecule has 21 heavy (non-hydrogen) atoms. The fraction of sp³-hybridized carbons (Fsp3) is 0.333. The first-order valence-electron chi connectivity index (χ1n) is 6.66. The number of carbonyl (C=O) groups is 1. The van der Waals surface area contributed by atoms with Gasteiger partial charge in [0.2, 0.25) is 5.91 Å². The minimum atomic E-state index is -0.148. The lowest BCUT2D eigenvalue weighted by atomic mass is 10.1. The van der Waals surface area contributed by atoms with Crippen molar-refractivity contribution in [2.75, 3.05) is 0 Å². The molecule has 0 radical (unpaired) electrons. The van der Waals surface area contributed by atoms with E-state index in [9.17, 15) is 9.90 Å². The van der Waals surface area contributed by atoms with Crippen molar-refractivity contribution in [1.29, 1.82) is 0 Å². The van der Waals surface area contributed by atoms with Gasteiger partial charge in [-0.3, -0.25) is 9.48 Å². The topological polar surface area (TPSA) is 67.2 Å². The summed E-state index contributed by atoms with van der Waals surface area (Å²) < 4.78 is 1.59. The number of aryl methyl sites for hydroxylation is 1. The van der Waals surface area contributed by atoms with Crippen LogP contribution in [0.2, 0.25) is 5.02 Å². The van der Waals surface area contributed by atoms with Crippen LogP contribution in [-0.2, 0) is 24.5 Å². The van der Waals surface area contributed by atoms with E-state index in [1.807, 2.05) is 31.2 Å². The Kier molecular flexibility index (Phi) is 4.98. The number of nitrogens with zero attached hydrogens (tertiary/aromatic N) is 2. The molecule has 0 bridgehead atoms. The molecule has 1 amide bonds. The highest BCUT2D eigenvalue weighted by Crippen LogP contribution is 2.18. The Bertz CT molecular complexity index is 652. The lowest BCUT2D eigenvalue weighted by Gasteiger charge is -2.09. The molecule has 0 saturated carbocycles. The first-order chi connectivity index (χ1) is 10.0. The zero-order chi connectivity index (χ0) is 15.4. The fourth-order valence-electron chi connectivity index (χ4n) is 2.10. The van der Waals surface area contributed by atoms with Gasteiger partial charge in [-0.15, -0.1) is 0 Å². The summed E-state index contributed by atoms with van der Waals surface area (Å²) in [5.41, 5.74) is 3.21. The number of hydrogen-bond donors (Lipinski definition) is 2. The molecule has 5 nitrogen and oxygen atoms in total. The van der Waals surface area contributed by atoms with Crippen molar-refractivity contribution in [3.8, 4) is 0 Å². The molecule has 2 aromatic rings. The molecule has 0 aliphatic rings. The van der Waals surface area contributed by atoms with Crippen LogP contribution in [0.4, 0.5) is 0 Å². The number of rotatable bonds is 5. The highest BCUT2D eigenvalue weighted by molar-refractivity contribution is 6.31. The zero-order valence-corrected chi connectivity index (χ0v) is 12.8. The number of aromatic nitrogens is 2. The van der Waals surface area contributed by atoms with Crippen LogP contribution < -0.4 is 5.32 Å². The molecule has 0 aliphatic heterocycles. The Labute approximate surface area is 128 Å². The minimum absolute atomic E-state index is 0.0425. The van der Waals surface area contributed by atoms with Crippen LogP contribution >= 0.6 is 11.6 Å². The Hall–Kier alpha value is -1.85. The lowest BCUT2D eigenvalue weighted by molar-refractivity contribution is -0.122. The van der Waals surface area contributed by atoms with Crippen molar-refractivity contribution >= 4 is 17.5 Å². The largest absolute Gasteiger partial charge is 0.392 e. The van der Waals surface area contributed by atoms with Gasteiger partial charge in [0.15, 0.2) is 0 Å². The zero-order valence-electron chi connectivity index (χ0n) is 12.1. The number of amides is 1. The first kappa shape index (κ1) is 15.5. The predicted molar refractivity (Wildman–Crippen MR) is 80.9 cm³/mol. The van der Waals surface area contributed by atoms with Gasteiger partial charge in [0.1, 0.15) is 6.54 Å². The van der Waals surface area contributed by atoms with E-state index in [1.165, 1.54) is 0 Å². The summed E-state index contributed by atoms with van der Waals surface area (Å²) in [7, 11) is 0. The molecule has 2 rings (SSSR count). The molecule has 0 saturated heterocycles. The van der Waals surface area contributed by atoms with Crippen molar-refractivity contribution in [3.05, 3.63) is 51.8 Å². The molecule has 1 aromatic heterocycles. The monoisotopic (exact) mass is 307 g/mol. The Balaban J connectivity index is 1.97. The third-order valence-corrected chi connectivity index (χ3v) is 3.90. The van der Waals surface area contributed by atoms with Crippen molar-refractivity contribution in [3.63, 3.8) is 0 Å². The van der Waals surface area contributed by atoms with Gasteiger partial charge in [0.25, 0.3) is 0 Å². The SMILES string of the molecule is Cc1nn(CC(=O)NCc2ccccc2CO)c(C)c1Cl. The summed E-state index contributed by atoms with van der Waals surface area (Å²) in [6.45, 7) is 4.10. The Morgan fingerprint density at radius 1 is 1.33 bits per heavy atom. The molecule has 6 heteroatoms. The normalized spacial score (nSPS) is 10.7. The number of aliphatic hydroxyl groups is 1. The first-order valence-corrected chi connectivity index (χ1v) is 7.04. The summed E-state index contributed by atoms with van der Waals surface area (Å²) in [5, 5.41) is 16.9. The van der Waals surface area contributed by atoms with E-state index in [-0.39, 0.29) is 19.1 Å². The van der Waals surface area contributed by atoms with E-state index in [1.54, 1.807) is 11.6 Å². The van der Waals surface area contributed by atoms with Gasteiger partial charge in [-0.2, -0.15) is 5.10 Å². The molecule has 1 heterocycles. The van der Waals surface area contributed by atoms with Gasteiger partial charge < -0.3 is 10.4 Å². The van der Waals surface area contributed by atoms with Crippen molar-refractivity contribution in [2.45, 2.75) is 33.5 Å². The predicted octanol–water partition coefficient (Wildman–Crippen LogP) is 1.96. The van der Waals surface area contributed by atoms with E-state index < -0.39 is 0 Å². The lowest BCUT2D eigenvalue weighted by Crippen LogP contribution is -2.28. The van der Waals surface area contributed by atoms with Crippen LogP contribution in [0, 0.1) is 13.8 Å². The third kappa shape index (κ3) is 3.62. The highest BCUT2D eigenvalue weighted by Gasteiger charge is 2.12. The van der Waals surface area contributed by atoms with E-state index >= 15 is 0 Å². The quantitative estimate of drug-likeness (QED) is 0.887. The fourth-order valence-corrected chi connectivity index (χ4v) is 2.23. The van der Waals surface area contributed by atoms with E-state index in [0.717, 1.165) is 16.8 Å². The maximum Gasteiger partial charge on any atom is 0.242 e. The maximum absolute atomic E-state index is 12.0. The average molecular weight is 308 g/mol. The van der Waals surface area contributed by atoms with E-state index in [2.05, 4.69) is 10.4 Å². The molecule has 0 unspecified atom stereocenters. The van der Waals surface area contributed by atoms with Crippen LogP contribution in [0.15, 0.2) is 24.3 Å². The second-order valence-electron chi connectivity index (χ2n) is 4.85. The van der Waals surface area contributed by atoms with E-state index in [0.29, 0.717) is 17.3 Å². The van der Waals surface area contributed by atoms with Gasteiger partial charge in [-0.1, -0.05) is 35.9 Å². The molecule has 0 spiro atoms. The average Bonchev–Trinajstić information content (AvgIpc) is 2.72. The van der Waals surface area contributed by atoms with Crippen molar-refractivity contribution in [2.24, 2.45) is 0 Å². The number of carbonyl (C=O) groups excluding carboxylic acids is 1. The Morgan fingerprint density at radius 3 is 2.57 bits per heavy atom. The second-order valence-corrected chi connectivity index (χ2v) is 5.22. The second kappa shape index (κ2) is 6.74. The number of hydrogen-bond acceptors (Lipinski definition) is 3. The van der Waals surface area contributed by atoms with Crippen LogP contribution in [0.5, 0.6) is 0 Å². The van der Waals surface area contributed by atoms with Gasteiger partial charge in [-0.25, -0.2) is 0 Å². The third-order valence-electron chi connectivity index (χ3n) is 3.35. The van der Waals surface area contributed by atoms with Crippen LogP contribution in [0.3, 0.4) is 0 Å². The molecule has 112 valence electrons. The summed E-state index contributed by atoms with van der Waals surface area (Å²) in [6, 6.07) is 7.45. The summed E-state index contributed by atoms with van der Waals surface area (Å²) in [5.74, 6) is -0.148. The van der Waals surface area contributed by atoms with Crippen LogP contribution in [-0.4, -0.2) is 20.8 Å². The molecule has 0 fully saturated rings. The molecule has 0 atom stereocenters. The minimum Gasteiger partial charge on any atom is -0.392 e. The number of benzene rings is 1. The highest BCUT2D eigenvalue weighted by atomic mass is 35.5. The number of aliphatic hydroxyl groups excluding tert-OH is 1. The number of halogens is 1. The van der Waals surface area contributed by atoms with Gasteiger partial charge >= 0.3 is 0 Å². The van der Waals surface area contributed by atoms with Gasteiger partial charge in [0.05, 0.1) is 23.0 Å². The number of nitrogens with one attached hydrogen (secondary N) is 1. The van der Waals surface area contributed by atoms with Crippen LogP contribution in [0.1, 0.15) is 22.5 Å². The van der Waals surface area contributed by atoms with Crippen LogP contribution in [0.25, 0.3) is 0 Å². The summed E-state index contributed by atoms with van der Waals surface area (Å²) in [4.78, 5) is 12.0. The summed E-state index contributed by atoms with van der Waals surface area (Å²) in [6.07, 6.45) is 0. The van der Waals surface area contributed by atoms with Gasteiger partial charge in [0, 0.05) is 6.54 Å². The summed E-state index contributed by atoms with van der Waals surface area (Å²) >= 11 is 6.05. The molecule has 0 aliphatic carbocycles. The van der Waals surface area contributed by atoms with E-state index in [4.69, 9.17) is 11.6 Å². The molecule has 2 N–H and O–H groups in total. The maximum atomic E-state index is 12.0. The molecular weight excluding hydrogens is 290 g/mol. The molecule has 1 aromatic carbocycles. The van der Waals surface area contributed by atoms with Crippen molar-refractivity contribution < 1.29 is 9.90 Å². The smallest absolute Gasteiger partial charge is 0.242 e.